The van der Waals surface area contributed by atoms with Gasteiger partial charge in [-0.15, -0.1) is 0 Å². The number of amides is 2. The topological polar surface area (TPSA) is 72.3 Å². The van der Waals surface area contributed by atoms with Crippen molar-refractivity contribution in [2.75, 3.05) is 4.90 Å². The van der Waals surface area contributed by atoms with E-state index in [9.17, 15) is 14.4 Å². The molecule has 2 aromatic heterocycles. The van der Waals surface area contributed by atoms with Gasteiger partial charge in [0.25, 0.3) is 11.7 Å². The fraction of sp³-hybridized carbons (Fsp3) is 0.0303. The molecule has 0 bridgehead atoms. The SMILES string of the molecule is O=C(C(=O)N(C(=O)c1ccccc1)c1ccc2ncccc2c1)c1cn(Cc2ccc(Cl)cc2)c2ccccc12. The Morgan fingerprint density at radius 2 is 1.55 bits per heavy atom. The number of anilines is 1. The van der Waals surface area contributed by atoms with Gasteiger partial charge in [0, 0.05) is 45.8 Å². The monoisotopic (exact) mass is 543 g/mol. The third-order valence-electron chi connectivity index (χ3n) is 6.77. The van der Waals surface area contributed by atoms with Crippen LogP contribution in [0, 0.1) is 0 Å². The smallest absolute Gasteiger partial charge is 0.306 e. The lowest BCUT2D eigenvalue weighted by molar-refractivity contribution is -0.114. The van der Waals surface area contributed by atoms with Gasteiger partial charge in [-0.05, 0) is 60.2 Å². The summed E-state index contributed by atoms with van der Waals surface area (Å²) in [6, 6.07) is 32.0. The van der Waals surface area contributed by atoms with Crippen molar-refractivity contribution in [3.63, 3.8) is 0 Å². The summed E-state index contributed by atoms with van der Waals surface area (Å²) < 4.78 is 1.92. The zero-order chi connectivity index (χ0) is 27.6. The van der Waals surface area contributed by atoms with Crippen molar-refractivity contribution in [1.82, 2.24) is 9.55 Å². The number of aromatic nitrogens is 2. The second-order valence-electron chi connectivity index (χ2n) is 9.34. The fourth-order valence-corrected chi connectivity index (χ4v) is 4.93. The Kier molecular flexibility index (Phi) is 6.68. The minimum atomic E-state index is -0.938. The molecule has 0 unspecified atom stereocenters. The van der Waals surface area contributed by atoms with E-state index in [4.69, 9.17) is 11.6 Å². The highest BCUT2D eigenvalue weighted by atomic mass is 35.5. The molecule has 194 valence electrons. The van der Waals surface area contributed by atoms with Gasteiger partial charge in [0.1, 0.15) is 0 Å². The average molecular weight is 544 g/mol. The van der Waals surface area contributed by atoms with E-state index in [1.807, 2.05) is 53.1 Å². The molecule has 0 N–H and O–H groups in total. The number of fused-ring (bicyclic) bond motifs is 2. The second kappa shape index (κ2) is 10.6. The summed E-state index contributed by atoms with van der Waals surface area (Å²) in [5.41, 5.74) is 3.30. The third kappa shape index (κ3) is 4.77. The van der Waals surface area contributed by atoms with Crippen LogP contribution in [0.3, 0.4) is 0 Å². The highest BCUT2D eigenvalue weighted by Crippen LogP contribution is 2.27. The number of pyridine rings is 1. The summed E-state index contributed by atoms with van der Waals surface area (Å²) in [5, 5.41) is 2.01. The van der Waals surface area contributed by atoms with E-state index in [0.29, 0.717) is 28.0 Å². The molecule has 0 aliphatic heterocycles. The highest BCUT2D eigenvalue weighted by molar-refractivity contribution is 6.53. The van der Waals surface area contributed by atoms with E-state index < -0.39 is 17.6 Å². The lowest BCUT2D eigenvalue weighted by atomic mass is 10.1. The Labute approximate surface area is 235 Å². The third-order valence-corrected chi connectivity index (χ3v) is 7.02. The van der Waals surface area contributed by atoms with Crippen molar-refractivity contribution in [1.29, 1.82) is 0 Å². The number of nitrogens with zero attached hydrogens (tertiary/aromatic N) is 3. The molecule has 40 heavy (non-hydrogen) atoms. The van der Waals surface area contributed by atoms with Gasteiger partial charge in [-0.3, -0.25) is 19.4 Å². The number of ketones is 1. The van der Waals surface area contributed by atoms with E-state index in [2.05, 4.69) is 4.98 Å². The molecule has 4 aromatic carbocycles. The molecule has 0 radical (unpaired) electrons. The first-order valence-electron chi connectivity index (χ1n) is 12.6. The van der Waals surface area contributed by atoms with Crippen LogP contribution in [0.15, 0.2) is 122 Å². The number of benzene rings is 4. The molecule has 2 heterocycles. The van der Waals surface area contributed by atoms with Crippen LogP contribution in [0.4, 0.5) is 5.69 Å². The number of imide groups is 1. The second-order valence-corrected chi connectivity index (χ2v) is 9.77. The number of Topliss-reactive ketones (excluding diaryl/α,β-unsaturated/α-hetero) is 1. The maximum absolute atomic E-state index is 14.0. The largest absolute Gasteiger partial charge is 0.342 e. The van der Waals surface area contributed by atoms with Gasteiger partial charge in [-0.25, -0.2) is 4.90 Å². The molecule has 0 saturated carbocycles. The van der Waals surface area contributed by atoms with E-state index in [1.165, 1.54) is 0 Å². The number of halogens is 1. The quantitative estimate of drug-likeness (QED) is 0.168. The van der Waals surface area contributed by atoms with Crippen LogP contribution in [-0.2, 0) is 11.3 Å². The Morgan fingerprint density at radius 1 is 0.800 bits per heavy atom. The van der Waals surface area contributed by atoms with Gasteiger partial charge in [0.2, 0.25) is 0 Å². The predicted molar refractivity (Wildman–Crippen MR) is 157 cm³/mol. The van der Waals surface area contributed by atoms with Crippen LogP contribution in [0.2, 0.25) is 5.02 Å². The minimum absolute atomic E-state index is 0.225. The van der Waals surface area contributed by atoms with Crippen LogP contribution in [0.5, 0.6) is 0 Å². The fourth-order valence-electron chi connectivity index (χ4n) is 4.80. The first-order valence-corrected chi connectivity index (χ1v) is 13.0. The maximum atomic E-state index is 14.0. The first-order chi connectivity index (χ1) is 19.5. The Balaban J connectivity index is 1.43. The Bertz CT molecular complexity index is 1900. The molecule has 2 amide bonds. The van der Waals surface area contributed by atoms with Crippen molar-refractivity contribution >= 4 is 56.7 Å². The first kappa shape index (κ1) is 25.2. The van der Waals surface area contributed by atoms with Crippen LogP contribution in [0.25, 0.3) is 21.8 Å². The van der Waals surface area contributed by atoms with Gasteiger partial charge in [0.05, 0.1) is 16.8 Å². The summed E-state index contributed by atoms with van der Waals surface area (Å²) in [5.74, 6) is -2.31. The number of carbonyl (C=O) groups is 3. The molecule has 0 aliphatic carbocycles. The summed E-state index contributed by atoms with van der Waals surface area (Å²) in [4.78, 5) is 46.9. The summed E-state index contributed by atoms with van der Waals surface area (Å²) in [6.07, 6.45) is 3.35. The van der Waals surface area contributed by atoms with Gasteiger partial charge < -0.3 is 4.57 Å². The standard InChI is InChI=1S/C33H22ClN3O3/c34-25-14-12-22(13-15-25)20-36-21-28(27-10-4-5-11-30(27)36)31(38)33(40)37(32(39)23-7-2-1-3-8-23)26-16-17-29-24(19-26)9-6-18-35-29/h1-19,21H,20H2. The van der Waals surface area contributed by atoms with Gasteiger partial charge in [-0.1, -0.05) is 66.2 Å². The average Bonchev–Trinajstić information content (AvgIpc) is 3.36. The molecular formula is C33H22ClN3O3. The van der Waals surface area contributed by atoms with Crippen molar-refractivity contribution in [2.24, 2.45) is 0 Å². The summed E-state index contributed by atoms with van der Waals surface area (Å²) in [6.45, 7) is 0.476. The summed E-state index contributed by atoms with van der Waals surface area (Å²) >= 11 is 6.05. The number of hydrogen-bond donors (Lipinski definition) is 0. The van der Waals surface area contributed by atoms with Crippen molar-refractivity contribution in [3.05, 3.63) is 143 Å². The van der Waals surface area contributed by atoms with Crippen LogP contribution in [0.1, 0.15) is 26.3 Å². The lowest BCUT2D eigenvalue weighted by Crippen LogP contribution is -2.41. The number of rotatable bonds is 6. The van der Waals surface area contributed by atoms with Crippen LogP contribution < -0.4 is 4.90 Å². The Morgan fingerprint density at radius 3 is 2.35 bits per heavy atom. The van der Waals surface area contributed by atoms with Crippen LogP contribution >= 0.6 is 11.6 Å². The lowest BCUT2D eigenvalue weighted by Gasteiger charge is -2.21. The molecule has 0 atom stereocenters. The number of carbonyl (C=O) groups excluding carboxylic acids is 3. The minimum Gasteiger partial charge on any atom is -0.342 e. The van der Waals surface area contributed by atoms with Gasteiger partial charge in [0.15, 0.2) is 0 Å². The Hall–Kier alpha value is -5.07. The van der Waals surface area contributed by atoms with Crippen LogP contribution in [-0.4, -0.2) is 27.1 Å². The van der Waals surface area contributed by atoms with Gasteiger partial charge >= 0.3 is 5.91 Å². The number of para-hydroxylation sites is 1. The van der Waals surface area contributed by atoms with Crippen molar-refractivity contribution < 1.29 is 14.4 Å². The summed E-state index contributed by atoms with van der Waals surface area (Å²) in [7, 11) is 0. The van der Waals surface area contributed by atoms with Crippen molar-refractivity contribution in [2.45, 2.75) is 6.54 Å². The molecule has 7 heteroatoms. The molecule has 0 aliphatic rings. The predicted octanol–water partition coefficient (Wildman–Crippen LogP) is 6.95. The van der Waals surface area contributed by atoms with Gasteiger partial charge in [-0.2, -0.15) is 0 Å². The van der Waals surface area contributed by atoms with E-state index >= 15 is 0 Å². The molecule has 6 aromatic rings. The van der Waals surface area contributed by atoms with E-state index in [1.54, 1.807) is 73.1 Å². The number of hydrogen-bond acceptors (Lipinski definition) is 4. The maximum Gasteiger partial charge on any atom is 0.306 e. The molecule has 6 nitrogen and oxygen atoms in total. The van der Waals surface area contributed by atoms with Crippen molar-refractivity contribution in [3.8, 4) is 0 Å². The molecule has 6 rings (SSSR count). The normalized spacial score (nSPS) is 11.0. The zero-order valence-corrected chi connectivity index (χ0v) is 22.0. The zero-order valence-electron chi connectivity index (χ0n) is 21.2. The molecular weight excluding hydrogens is 522 g/mol. The molecule has 0 saturated heterocycles. The van der Waals surface area contributed by atoms with E-state index in [-0.39, 0.29) is 11.3 Å². The highest BCUT2D eigenvalue weighted by Gasteiger charge is 2.32. The molecule has 0 fully saturated rings. The van der Waals surface area contributed by atoms with E-state index in [0.717, 1.165) is 21.4 Å². The molecule has 0 spiro atoms.